The van der Waals surface area contributed by atoms with E-state index in [4.69, 9.17) is 0 Å². The first-order valence-corrected chi connectivity index (χ1v) is 11.4. The van der Waals surface area contributed by atoms with E-state index in [-0.39, 0.29) is 47.1 Å². The summed E-state index contributed by atoms with van der Waals surface area (Å²) in [6.07, 6.45) is 4.20. The highest BCUT2D eigenvalue weighted by Gasteiger charge is 2.40. The molecule has 0 bridgehead atoms. The summed E-state index contributed by atoms with van der Waals surface area (Å²) in [5.41, 5.74) is -0.181. The second-order valence-electron chi connectivity index (χ2n) is 7.39. The standard InChI is InChI=1S/C18H24N4O6S/c1-29(27,28)13-6-7-14(16(11-13)22(25)26)19-8-9-20-17(23)15-3-2-10-21(15)18(24)12-4-5-12/h6-7,11-12,15,19H,2-5,8-10H2,1H3,(H,20,23). The minimum atomic E-state index is -3.56. The minimum absolute atomic E-state index is 0.0577. The summed E-state index contributed by atoms with van der Waals surface area (Å²) in [6.45, 7) is 1.03. The zero-order valence-corrected chi connectivity index (χ0v) is 16.9. The monoisotopic (exact) mass is 424 g/mol. The molecule has 1 aromatic rings. The van der Waals surface area contributed by atoms with Crippen LogP contribution in [0.5, 0.6) is 0 Å². The lowest BCUT2D eigenvalue weighted by Crippen LogP contribution is -2.47. The van der Waals surface area contributed by atoms with E-state index in [2.05, 4.69) is 10.6 Å². The molecule has 158 valence electrons. The zero-order valence-electron chi connectivity index (χ0n) is 16.1. The van der Waals surface area contributed by atoms with Gasteiger partial charge in [0.15, 0.2) is 9.84 Å². The molecule has 3 rings (SSSR count). The van der Waals surface area contributed by atoms with Crippen molar-refractivity contribution in [2.45, 2.75) is 36.6 Å². The zero-order chi connectivity index (χ0) is 21.2. The smallest absolute Gasteiger partial charge is 0.293 e. The van der Waals surface area contributed by atoms with Crippen molar-refractivity contribution >= 4 is 33.0 Å². The molecule has 10 nitrogen and oxygen atoms in total. The lowest BCUT2D eigenvalue weighted by Gasteiger charge is -2.24. The number of rotatable bonds is 8. The maximum atomic E-state index is 12.4. The van der Waals surface area contributed by atoms with E-state index in [9.17, 15) is 28.1 Å². The number of sulfone groups is 1. The predicted molar refractivity (Wildman–Crippen MR) is 105 cm³/mol. The van der Waals surface area contributed by atoms with Crippen molar-refractivity contribution in [3.63, 3.8) is 0 Å². The fourth-order valence-corrected chi connectivity index (χ4v) is 4.05. The number of hydrogen-bond acceptors (Lipinski definition) is 7. The molecule has 1 heterocycles. The minimum Gasteiger partial charge on any atom is -0.378 e. The lowest BCUT2D eigenvalue weighted by molar-refractivity contribution is -0.384. The summed E-state index contributed by atoms with van der Waals surface area (Å²) in [6, 6.07) is 3.19. The van der Waals surface area contributed by atoms with Crippen LogP contribution in [0.15, 0.2) is 23.1 Å². The Labute approximate surface area is 168 Å². The normalized spacial score (nSPS) is 19.1. The summed E-state index contributed by atoms with van der Waals surface area (Å²) in [4.78, 5) is 36.8. The van der Waals surface area contributed by atoms with Gasteiger partial charge in [-0.1, -0.05) is 0 Å². The maximum absolute atomic E-state index is 12.4. The van der Waals surface area contributed by atoms with Gasteiger partial charge >= 0.3 is 0 Å². The van der Waals surface area contributed by atoms with Crippen molar-refractivity contribution in [1.82, 2.24) is 10.2 Å². The Morgan fingerprint density at radius 3 is 2.59 bits per heavy atom. The first-order valence-electron chi connectivity index (χ1n) is 9.49. The second kappa shape index (κ2) is 8.36. The Bertz CT molecular complexity index is 928. The number of amides is 2. The van der Waals surface area contributed by atoms with E-state index >= 15 is 0 Å². The summed E-state index contributed by atoms with van der Waals surface area (Å²) in [5.74, 6) is -0.0943. The topological polar surface area (TPSA) is 139 Å². The number of carbonyl (C=O) groups excluding carboxylic acids is 2. The largest absolute Gasteiger partial charge is 0.378 e. The molecule has 2 N–H and O–H groups in total. The number of nitro benzene ring substituents is 1. The molecule has 0 aromatic heterocycles. The third-order valence-corrected chi connectivity index (χ3v) is 6.21. The first-order chi connectivity index (χ1) is 13.7. The van der Waals surface area contributed by atoms with E-state index in [1.807, 2.05) is 0 Å². The molecule has 29 heavy (non-hydrogen) atoms. The van der Waals surface area contributed by atoms with Gasteiger partial charge in [0, 0.05) is 37.9 Å². The van der Waals surface area contributed by atoms with Crippen LogP contribution < -0.4 is 10.6 Å². The molecule has 1 unspecified atom stereocenters. The quantitative estimate of drug-likeness (QED) is 0.359. The molecule has 11 heteroatoms. The fourth-order valence-electron chi connectivity index (χ4n) is 3.41. The van der Waals surface area contributed by atoms with Crippen molar-refractivity contribution in [1.29, 1.82) is 0 Å². The third kappa shape index (κ3) is 5.03. The molecule has 1 saturated carbocycles. The number of benzene rings is 1. The molecule has 1 saturated heterocycles. The highest BCUT2D eigenvalue weighted by Crippen LogP contribution is 2.33. The molecule has 1 aliphatic carbocycles. The van der Waals surface area contributed by atoms with E-state index < -0.39 is 20.8 Å². The molecule has 1 aromatic carbocycles. The number of nitrogens with one attached hydrogen (secondary N) is 2. The summed E-state index contributed by atoms with van der Waals surface area (Å²) in [5, 5.41) is 16.9. The Morgan fingerprint density at radius 2 is 1.97 bits per heavy atom. The van der Waals surface area contributed by atoms with Gasteiger partial charge in [0.25, 0.3) is 5.69 Å². The van der Waals surface area contributed by atoms with Crippen LogP contribution >= 0.6 is 0 Å². The van der Waals surface area contributed by atoms with Crippen LogP contribution in [0.1, 0.15) is 25.7 Å². The second-order valence-corrected chi connectivity index (χ2v) is 9.41. The molecule has 0 spiro atoms. The third-order valence-electron chi connectivity index (χ3n) is 5.10. The van der Waals surface area contributed by atoms with Crippen LogP contribution in [-0.4, -0.2) is 62.0 Å². The molecule has 1 aliphatic heterocycles. The van der Waals surface area contributed by atoms with Gasteiger partial charge in [-0.05, 0) is 37.8 Å². The molecule has 1 atom stereocenters. The van der Waals surface area contributed by atoms with E-state index in [0.717, 1.165) is 31.6 Å². The summed E-state index contributed by atoms with van der Waals surface area (Å²) < 4.78 is 23.2. The molecule has 2 aliphatic rings. The van der Waals surface area contributed by atoms with Crippen LogP contribution in [0.2, 0.25) is 0 Å². The Hall–Kier alpha value is -2.69. The Kier molecular flexibility index (Phi) is 6.06. The van der Waals surface area contributed by atoms with Crippen LogP contribution in [0, 0.1) is 16.0 Å². The van der Waals surface area contributed by atoms with Gasteiger partial charge in [-0.15, -0.1) is 0 Å². The number of hydrogen-bond donors (Lipinski definition) is 2. The van der Waals surface area contributed by atoms with Crippen LogP contribution in [-0.2, 0) is 19.4 Å². The van der Waals surface area contributed by atoms with Crippen molar-refractivity contribution in [3.8, 4) is 0 Å². The van der Waals surface area contributed by atoms with E-state index in [0.29, 0.717) is 13.0 Å². The molecule has 2 amide bonds. The molecule has 2 fully saturated rings. The van der Waals surface area contributed by atoms with Gasteiger partial charge in [-0.3, -0.25) is 19.7 Å². The van der Waals surface area contributed by atoms with Gasteiger partial charge in [-0.2, -0.15) is 0 Å². The van der Waals surface area contributed by atoms with Crippen molar-refractivity contribution in [3.05, 3.63) is 28.3 Å². The van der Waals surface area contributed by atoms with Gasteiger partial charge in [0.2, 0.25) is 11.8 Å². The van der Waals surface area contributed by atoms with Crippen molar-refractivity contribution < 1.29 is 22.9 Å². The number of carbonyl (C=O) groups is 2. The van der Waals surface area contributed by atoms with Gasteiger partial charge in [0.1, 0.15) is 11.7 Å². The number of nitro groups is 1. The summed E-state index contributed by atoms with van der Waals surface area (Å²) >= 11 is 0. The lowest BCUT2D eigenvalue weighted by atomic mass is 10.2. The Morgan fingerprint density at radius 1 is 1.24 bits per heavy atom. The van der Waals surface area contributed by atoms with E-state index in [1.54, 1.807) is 4.90 Å². The van der Waals surface area contributed by atoms with Gasteiger partial charge < -0.3 is 15.5 Å². The number of likely N-dealkylation sites (tertiary alicyclic amines) is 1. The van der Waals surface area contributed by atoms with Crippen molar-refractivity contribution in [2.24, 2.45) is 5.92 Å². The number of anilines is 1. The van der Waals surface area contributed by atoms with Crippen LogP contribution in [0.25, 0.3) is 0 Å². The maximum Gasteiger partial charge on any atom is 0.293 e. The van der Waals surface area contributed by atoms with Gasteiger partial charge in [-0.25, -0.2) is 8.42 Å². The predicted octanol–water partition coefficient (Wildman–Crippen LogP) is 0.927. The first kappa shape index (κ1) is 21.0. The average Bonchev–Trinajstić information content (AvgIpc) is 3.39. The molecular weight excluding hydrogens is 400 g/mol. The summed E-state index contributed by atoms with van der Waals surface area (Å²) in [7, 11) is -3.56. The highest BCUT2D eigenvalue weighted by molar-refractivity contribution is 7.90. The van der Waals surface area contributed by atoms with Gasteiger partial charge in [0.05, 0.1) is 9.82 Å². The van der Waals surface area contributed by atoms with Crippen molar-refractivity contribution in [2.75, 3.05) is 31.2 Å². The van der Waals surface area contributed by atoms with Crippen LogP contribution in [0.4, 0.5) is 11.4 Å². The average molecular weight is 424 g/mol. The highest BCUT2D eigenvalue weighted by atomic mass is 32.2. The van der Waals surface area contributed by atoms with E-state index in [1.165, 1.54) is 12.1 Å². The molecule has 0 radical (unpaired) electrons. The molecular formula is C18H24N4O6S. The SMILES string of the molecule is CS(=O)(=O)c1ccc(NCCNC(=O)C2CCCN2C(=O)C2CC2)c([N+](=O)[O-])c1. The van der Waals surface area contributed by atoms with Crippen LogP contribution in [0.3, 0.4) is 0 Å². The Balaban J connectivity index is 1.54. The fraction of sp³-hybridized carbons (Fsp3) is 0.556. The number of nitrogens with zero attached hydrogens (tertiary/aromatic N) is 2.